The Morgan fingerprint density at radius 2 is 1.42 bits per heavy atom. The highest BCUT2D eigenvalue weighted by Gasteiger charge is 2.36. The van der Waals surface area contributed by atoms with Gasteiger partial charge in [-0.3, -0.25) is 9.59 Å². The fraction of sp³-hybridized carbons (Fsp3) is 0.263. The van der Waals surface area contributed by atoms with Gasteiger partial charge in [-0.15, -0.1) is 0 Å². The Labute approximate surface area is 141 Å². The predicted octanol–water partition coefficient (Wildman–Crippen LogP) is 3.99. The minimum Gasteiger partial charge on any atom is -0.325 e. The third-order valence-electron chi connectivity index (χ3n) is 3.90. The van der Waals surface area contributed by atoms with Gasteiger partial charge in [0.2, 0.25) is 11.8 Å². The summed E-state index contributed by atoms with van der Waals surface area (Å²) in [5.41, 5.74) is 0.355. The first kappa shape index (κ1) is 17.7. The molecule has 0 aromatic heterocycles. The zero-order chi connectivity index (χ0) is 17.7. The number of para-hydroxylation sites is 2. The van der Waals surface area contributed by atoms with Crippen molar-refractivity contribution in [2.45, 2.75) is 27.2 Å². The van der Waals surface area contributed by atoms with Gasteiger partial charge in [0, 0.05) is 5.69 Å². The molecular weight excluding hydrogens is 307 g/mol. The molecular formula is C19H21FN2O2. The molecule has 4 nitrogen and oxygen atoms in total. The molecule has 24 heavy (non-hydrogen) atoms. The third-order valence-corrected chi connectivity index (χ3v) is 3.90. The van der Waals surface area contributed by atoms with Crippen LogP contribution in [-0.4, -0.2) is 11.8 Å². The van der Waals surface area contributed by atoms with E-state index in [-0.39, 0.29) is 5.69 Å². The van der Waals surface area contributed by atoms with E-state index in [1.807, 2.05) is 25.1 Å². The van der Waals surface area contributed by atoms with Crippen molar-refractivity contribution in [1.82, 2.24) is 0 Å². The highest BCUT2D eigenvalue weighted by molar-refractivity contribution is 6.14. The van der Waals surface area contributed by atoms with Crippen molar-refractivity contribution in [3.63, 3.8) is 0 Å². The Morgan fingerprint density at radius 1 is 0.917 bits per heavy atom. The number of hydrogen-bond donors (Lipinski definition) is 2. The van der Waals surface area contributed by atoms with Crippen molar-refractivity contribution in [1.29, 1.82) is 0 Å². The number of amides is 2. The van der Waals surface area contributed by atoms with E-state index >= 15 is 0 Å². The SMILES string of the molecule is CCc1ccccc1NC(=O)C(C)(C)C(=O)Nc1ccccc1F. The molecule has 0 bridgehead atoms. The first-order valence-electron chi connectivity index (χ1n) is 7.81. The van der Waals surface area contributed by atoms with Crippen LogP contribution >= 0.6 is 0 Å². The molecule has 126 valence electrons. The molecule has 0 spiro atoms. The van der Waals surface area contributed by atoms with Gasteiger partial charge in [-0.1, -0.05) is 37.3 Å². The summed E-state index contributed by atoms with van der Waals surface area (Å²) >= 11 is 0. The molecule has 2 amide bonds. The quantitative estimate of drug-likeness (QED) is 0.815. The smallest absolute Gasteiger partial charge is 0.239 e. The average Bonchev–Trinajstić information content (AvgIpc) is 2.57. The number of hydrogen-bond acceptors (Lipinski definition) is 2. The molecule has 0 radical (unpaired) electrons. The zero-order valence-corrected chi connectivity index (χ0v) is 14.0. The van der Waals surface area contributed by atoms with Crippen molar-refractivity contribution in [2.24, 2.45) is 5.41 Å². The lowest BCUT2D eigenvalue weighted by Crippen LogP contribution is -2.41. The number of carbonyl (C=O) groups is 2. The van der Waals surface area contributed by atoms with Crippen LogP contribution in [0.4, 0.5) is 15.8 Å². The normalized spacial score (nSPS) is 11.0. The molecule has 0 fully saturated rings. The summed E-state index contributed by atoms with van der Waals surface area (Å²) in [6, 6.07) is 13.3. The number of benzene rings is 2. The fourth-order valence-corrected chi connectivity index (χ4v) is 2.17. The highest BCUT2D eigenvalue weighted by Crippen LogP contribution is 2.24. The van der Waals surface area contributed by atoms with Gasteiger partial charge in [-0.25, -0.2) is 4.39 Å². The van der Waals surface area contributed by atoms with Crippen molar-refractivity contribution in [3.05, 3.63) is 59.9 Å². The summed E-state index contributed by atoms with van der Waals surface area (Å²) in [5, 5.41) is 5.26. The first-order valence-corrected chi connectivity index (χ1v) is 7.81. The summed E-state index contributed by atoms with van der Waals surface area (Å²) < 4.78 is 13.7. The van der Waals surface area contributed by atoms with Crippen molar-refractivity contribution in [3.8, 4) is 0 Å². The standard InChI is InChI=1S/C19H21FN2O2/c1-4-13-9-5-7-11-15(13)21-17(23)19(2,3)18(24)22-16-12-8-6-10-14(16)20/h5-12H,4H2,1-3H3,(H,21,23)(H,22,24). The minimum atomic E-state index is -1.36. The van der Waals surface area contributed by atoms with E-state index in [1.54, 1.807) is 12.1 Å². The Kier molecular flexibility index (Phi) is 5.34. The number of anilines is 2. The van der Waals surface area contributed by atoms with Crippen LogP contribution in [0.3, 0.4) is 0 Å². The molecule has 0 unspecified atom stereocenters. The van der Waals surface area contributed by atoms with Gasteiger partial charge in [-0.2, -0.15) is 0 Å². The summed E-state index contributed by atoms with van der Waals surface area (Å²) in [4.78, 5) is 25.0. The zero-order valence-electron chi connectivity index (χ0n) is 14.0. The average molecular weight is 328 g/mol. The van der Waals surface area contributed by atoms with E-state index in [0.29, 0.717) is 5.69 Å². The van der Waals surface area contributed by atoms with Crippen molar-refractivity contribution < 1.29 is 14.0 Å². The second-order valence-electron chi connectivity index (χ2n) is 6.02. The van der Waals surface area contributed by atoms with Crippen LogP contribution in [0.25, 0.3) is 0 Å². The van der Waals surface area contributed by atoms with Gasteiger partial charge < -0.3 is 10.6 Å². The molecule has 0 heterocycles. The molecule has 0 saturated carbocycles. The molecule has 0 aliphatic heterocycles. The van der Waals surface area contributed by atoms with Crippen LogP contribution in [0.2, 0.25) is 0 Å². The van der Waals surface area contributed by atoms with Gasteiger partial charge >= 0.3 is 0 Å². The molecule has 0 saturated heterocycles. The Balaban J connectivity index is 2.15. The van der Waals surface area contributed by atoms with Crippen LogP contribution < -0.4 is 10.6 Å². The van der Waals surface area contributed by atoms with Crippen LogP contribution in [0.1, 0.15) is 26.3 Å². The molecule has 5 heteroatoms. The topological polar surface area (TPSA) is 58.2 Å². The first-order chi connectivity index (χ1) is 11.4. The molecule has 0 aliphatic carbocycles. The number of aryl methyl sites for hydroxylation is 1. The monoisotopic (exact) mass is 328 g/mol. The van der Waals surface area contributed by atoms with Crippen molar-refractivity contribution >= 4 is 23.2 Å². The van der Waals surface area contributed by atoms with Crippen molar-refractivity contribution in [2.75, 3.05) is 10.6 Å². The Bertz CT molecular complexity index is 757. The van der Waals surface area contributed by atoms with Gasteiger partial charge in [-0.05, 0) is 44.0 Å². The van der Waals surface area contributed by atoms with E-state index in [0.717, 1.165) is 12.0 Å². The lowest BCUT2D eigenvalue weighted by Gasteiger charge is -2.23. The van der Waals surface area contributed by atoms with Gasteiger partial charge in [0.15, 0.2) is 0 Å². The van der Waals surface area contributed by atoms with Crippen LogP contribution in [-0.2, 0) is 16.0 Å². The highest BCUT2D eigenvalue weighted by atomic mass is 19.1. The van der Waals surface area contributed by atoms with E-state index in [1.165, 1.54) is 32.0 Å². The summed E-state index contributed by atoms with van der Waals surface area (Å²) in [6.45, 7) is 5.00. The number of halogens is 1. The maximum absolute atomic E-state index is 13.7. The predicted molar refractivity (Wildman–Crippen MR) is 93.3 cm³/mol. The van der Waals surface area contributed by atoms with E-state index in [9.17, 15) is 14.0 Å². The van der Waals surface area contributed by atoms with Gasteiger partial charge in [0.05, 0.1) is 5.69 Å². The molecule has 0 aliphatic rings. The van der Waals surface area contributed by atoms with Crippen LogP contribution in [0.15, 0.2) is 48.5 Å². The van der Waals surface area contributed by atoms with E-state index in [2.05, 4.69) is 10.6 Å². The van der Waals surface area contributed by atoms with Gasteiger partial charge in [0.25, 0.3) is 0 Å². The summed E-state index contributed by atoms with van der Waals surface area (Å²) in [5.74, 6) is -1.56. The lowest BCUT2D eigenvalue weighted by molar-refractivity contribution is -0.135. The van der Waals surface area contributed by atoms with E-state index < -0.39 is 23.0 Å². The second kappa shape index (κ2) is 7.25. The Hall–Kier alpha value is -2.69. The lowest BCUT2D eigenvalue weighted by atomic mass is 9.90. The molecule has 2 aromatic rings. The van der Waals surface area contributed by atoms with E-state index in [4.69, 9.17) is 0 Å². The maximum atomic E-state index is 13.7. The molecule has 2 aromatic carbocycles. The van der Waals surface area contributed by atoms with Crippen LogP contribution in [0, 0.1) is 11.2 Å². The minimum absolute atomic E-state index is 0.0531. The number of rotatable bonds is 5. The van der Waals surface area contributed by atoms with Gasteiger partial charge in [0.1, 0.15) is 11.2 Å². The molecule has 2 N–H and O–H groups in total. The molecule has 2 rings (SSSR count). The largest absolute Gasteiger partial charge is 0.325 e. The molecule has 0 atom stereocenters. The number of carbonyl (C=O) groups excluding carboxylic acids is 2. The number of nitrogens with one attached hydrogen (secondary N) is 2. The fourth-order valence-electron chi connectivity index (χ4n) is 2.17. The Morgan fingerprint density at radius 3 is 2.00 bits per heavy atom. The summed E-state index contributed by atoms with van der Waals surface area (Å²) in [6.07, 6.45) is 0.762. The third kappa shape index (κ3) is 3.79. The summed E-state index contributed by atoms with van der Waals surface area (Å²) in [7, 11) is 0. The second-order valence-corrected chi connectivity index (χ2v) is 6.02. The van der Waals surface area contributed by atoms with Crippen LogP contribution in [0.5, 0.6) is 0 Å². The maximum Gasteiger partial charge on any atom is 0.239 e.